The molecule has 2 fully saturated rings. The van der Waals surface area contributed by atoms with E-state index < -0.39 is 23.2 Å². The van der Waals surface area contributed by atoms with Crippen molar-refractivity contribution in [2.45, 2.75) is 50.7 Å². The van der Waals surface area contributed by atoms with Gasteiger partial charge in [0.2, 0.25) is 11.8 Å². The number of rotatable bonds is 6. The molecule has 1 amide bonds. The van der Waals surface area contributed by atoms with E-state index in [1.807, 2.05) is 19.9 Å². The highest BCUT2D eigenvalue weighted by Crippen LogP contribution is 2.54. The lowest BCUT2D eigenvalue weighted by Gasteiger charge is -2.40. The molecule has 3 aliphatic rings. The molecular weight excluding hydrogens is 618 g/mol. The minimum absolute atomic E-state index is 0.00324. The molecule has 4 atom stereocenters. The van der Waals surface area contributed by atoms with Gasteiger partial charge in [-0.15, -0.1) is 0 Å². The van der Waals surface area contributed by atoms with Crippen molar-refractivity contribution in [1.82, 2.24) is 14.7 Å². The first-order valence-electron chi connectivity index (χ1n) is 15.1. The van der Waals surface area contributed by atoms with E-state index in [0.717, 1.165) is 18.4 Å². The van der Waals surface area contributed by atoms with Gasteiger partial charge in [-0.1, -0.05) is 41.4 Å². The summed E-state index contributed by atoms with van der Waals surface area (Å²) in [6.07, 6.45) is 2.14. The molecule has 0 bridgehead atoms. The average Bonchev–Trinajstić information content (AvgIpc) is 3.76. The number of likely N-dealkylation sites (tertiary alicyclic amines) is 1. The number of hydrogen-bond donors (Lipinski definition) is 1. The number of ether oxygens (including phenoxy) is 2. The van der Waals surface area contributed by atoms with Gasteiger partial charge in [-0.3, -0.25) is 9.69 Å². The molecule has 1 aromatic heterocycles. The number of halogens is 3. The molecule has 0 radical (unpaired) electrons. The van der Waals surface area contributed by atoms with E-state index >= 15 is 4.39 Å². The Bertz CT molecular complexity index is 1840. The molecule has 1 saturated heterocycles. The average molecular weight is 652 g/mol. The normalized spacial score (nSPS) is 24.4. The summed E-state index contributed by atoms with van der Waals surface area (Å²) >= 11 is 12.6. The van der Waals surface area contributed by atoms with Crippen molar-refractivity contribution in [2.24, 2.45) is 11.8 Å². The number of amides is 1. The number of hydrogen-bond acceptors (Lipinski definition) is 6. The van der Waals surface area contributed by atoms with Gasteiger partial charge in [0, 0.05) is 35.6 Å². The number of fused-ring (bicyclic) bond motifs is 4. The van der Waals surface area contributed by atoms with Crippen LogP contribution < -0.4 is 10.1 Å². The molecule has 11 heteroatoms. The molecule has 1 N–H and O–H groups in total. The highest BCUT2D eigenvalue weighted by molar-refractivity contribution is 6.31. The molecule has 0 unspecified atom stereocenters. The Kier molecular flexibility index (Phi) is 7.54. The fourth-order valence-corrected chi connectivity index (χ4v) is 7.73. The van der Waals surface area contributed by atoms with Gasteiger partial charge in [0.15, 0.2) is 0 Å². The molecule has 8 nitrogen and oxygen atoms in total. The Morgan fingerprint density at radius 3 is 2.67 bits per heavy atom. The number of nitrogens with zero attached hydrogens (tertiary/aromatic N) is 3. The minimum atomic E-state index is -1.17. The van der Waals surface area contributed by atoms with Crippen molar-refractivity contribution in [2.75, 3.05) is 25.6 Å². The zero-order valence-electron chi connectivity index (χ0n) is 25.1. The fraction of sp³-hybridized carbons (Fsp3) is 0.382. The molecule has 1 saturated carbocycles. The first kappa shape index (κ1) is 30.0. The van der Waals surface area contributed by atoms with Crippen LogP contribution in [0.2, 0.25) is 10.0 Å². The molecule has 1 aliphatic carbocycles. The van der Waals surface area contributed by atoms with Crippen LogP contribution in [-0.2, 0) is 16.1 Å². The first-order chi connectivity index (χ1) is 21.6. The minimum Gasteiger partial charge on any atom is -0.476 e. The van der Waals surface area contributed by atoms with E-state index in [-0.39, 0.29) is 29.5 Å². The lowest BCUT2D eigenvalue weighted by molar-refractivity contribution is -0.127. The maximum atomic E-state index is 16.1. The van der Waals surface area contributed by atoms with E-state index in [9.17, 15) is 9.59 Å². The van der Waals surface area contributed by atoms with Crippen molar-refractivity contribution in [3.05, 3.63) is 87.2 Å². The number of carbonyl (C=O) groups is 2. The molecule has 2 aliphatic heterocycles. The molecule has 7 rings (SSSR count). The van der Waals surface area contributed by atoms with Crippen LogP contribution in [0, 0.1) is 24.6 Å². The maximum absolute atomic E-state index is 16.1. The topological polar surface area (TPSA) is 85.7 Å². The number of aromatic nitrogens is 2. The van der Waals surface area contributed by atoms with Gasteiger partial charge in [-0.25, -0.2) is 13.9 Å². The lowest BCUT2D eigenvalue weighted by Crippen LogP contribution is -2.57. The number of aryl methyl sites for hydroxylation is 1. The zero-order chi connectivity index (χ0) is 31.6. The molecule has 3 heterocycles. The third kappa shape index (κ3) is 5.05. The Morgan fingerprint density at radius 2 is 1.93 bits per heavy atom. The second-order valence-corrected chi connectivity index (χ2v) is 13.4. The van der Waals surface area contributed by atoms with Crippen LogP contribution in [0.3, 0.4) is 0 Å². The van der Waals surface area contributed by atoms with Gasteiger partial charge in [-0.05, 0) is 80.1 Å². The monoisotopic (exact) mass is 650 g/mol. The Labute approximate surface area is 270 Å². The third-order valence-electron chi connectivity index (χ3n) is 9.75. The van der Waals surface area contributed by atoms with Crippen molar-refractivity contribution >= 4 is 51.7 Å². The van der Waals surface area contributed by atoms with Crippen LogP contribution in [0.5, 0.6) is 5.88 Å². The standard InChI is InChI=1S/C34H33Cl2FN4O4/c1-18-12-27-24(14-23(18)32(42)44-3)31-41(39-27)16-25-28(17-45-31)40(15-19-10-11-19)34(2,29(25)22-8-5-9-26(36)30(22)37)33(43)38-21-7-4-6-20(35)13-21/h4-9,12-14,19,25,28-29H,10-11,15-17H2,1-3H3,(H,38,43)/t25-,28+,29+,34-/m1/s1. The summed E-state index contributed by atoms with van der Waals surface area (Å²) in [5, 5.41) is 9.17. The van der Waals surface area contributed by atoms with Crippen molar-refractivity contribution in [1.29, 1.82) is 0 Å². The molecule has 4 aromatic rings. The summed E-state index contributed by atoms with van der Waals surface area (Å²) < 4.78 is 29.4. The predicted octanol–water partition coefficient (Wildman–Crippen LogP) is 6.86. The highest BCUT2D eigenvalue weighted by atomic mass is 35.5. The first-order valence-corrected chi connectivity index (χ1v) is 15.9. The molecule has 45 heavy (non-hydrogen) atoms. The fourth-order valence-electron chi connectivity index (χ4n) is 7.36. The summed E-state index contributed by atoms with van der Waals surface area (Å²) in [5.41, 5.74) is 1.62. The highest BCUT2D eigenvalue weighted by Gasteiger charge is 2.62. The molecule has 0 spiro atoms. The largest absolute Gasteiger partial charge is 0.476 e. The summed E-state index contributed by atoms with van der Waals surface area (Å²) in [6, 6.07) is 15.3. The maximum Gasteiger partial charge on any atom is 0.338 e. The van der Waals surface area contributed by atoms with Gasteiger partial charge >= 0.3 is 5.97 Å². The number of esters is 1. The Hall–Kier alpha value is -3.66. The van der Waals surface area contributed by atoms with Gasteiger partial charge in [-0.2, -0.15) is 5.10 Å². The van der Waals surface area contributed by atoms with Crippen LogP contribution in [0.1, 0.15) is 47.2 Å². The van der Waals surface area contributed by atoms with Crippen LogP contribution in [-0.4, -0.2) is 58.4 Å². The Balaban J connectivity index is 1.37. The van der Waals surface area contributed by atoms with E-state index in [2.05, 4.69) is 10.2 Å². The Morgan fingerprint density at radius 1 is 1.16 bits per heavy atom. The number of anilines is 1. The molecule has 3 aromatic carbocycles. The van der Waals surface area contributed by atoms with Gasteiger partial charge in [0.1, 0.15) is 18.0 Å². The van der Waals surface area contributed by atoms with Crippen LogP contribution >= 0.6 is 23.2 Å². The summed E-state index contributed by atoms with van der Waals surface area (Å²) in [7, 11) is 1.35. The summed E-state index contributed by atoms with van der Waals surface area (Å²) in [4.78, 5) is 29.3. The number of carbonyl (C=O) groups excluding carboxylic acids is 2. The van der Waals surface area contributed by atoms with Gasteiger partial charge in [0.05, 0.1) is 34.6 Å². The lowest BCUT2D eigenvalue weighted by atomic mass is 9.74. The van der Waals surface area contributed by atoms with Gasteiger partial charge < -0.3 is 14.8 Å². The van der Waals surface area contributed by atoms with Crippen molar-refractivity contribution in [3.8, 4) is 5.88 Å². The van der Waals surface area contributed by atoms with E-state index in [1.165, 1.54) is 13.2 Å². The van der Waals surface area contributed by atoms with Crippen molar-refractivity contribution < 1.29 is 23.5 Å². The summed E-state index contributed by atoms with van der Waals surface area (Å²) in [6.45, 7) is 5.01. The number of methoxy groups -OCH3 is 1. The van der Waals surface area contributed by atoms with Crippen LogP contribution in [0.4, 0.5) is 10.1 Å². The third-order valence-corrected chi connectivity index (χ3v) is 10.3. The van der Waals surface area contributed by atoms with E-state index in [1.54, 1.807) is 47.1 Å². The van der Waals surface area contributed by atoms with Gasteiger partial charge in [0.25, 0.3) is 0 Å². The second kappa shape index (κ2) is 11.3. The molecular formula is C34H33Cl2FN4O4. The number of nitrogens with one attached hydrogen (secondary N) is 1. The zero-order valence-corrected chi connectivity index (χ0v) is 26.7. The summed E-state index contributed by atoms with van der Waals surface area (Å²) in [5.74, 6) is -1.14. The van der Waals surface area contributed by atoms with E-state index in [0.29, 0.717) is 57.6 Å². The molecule has 234 valence electrons. The van der Waals surface area contributed by atoms with E-state index in [4.69, 9.17) is 37.8 Å². The van der Waals surface area contributed by atoms with Crippen molar-refractivity contribution in [3.63, 3.8) is 0 Å². The SMILES string of the molecule is COC(=O)c1cc2c3n(nc2cc1C)C[C@@H]1[C@H](CO3)N(CC2CC2)[C@@](C)(C(=O)Nc2cccc(Cl)c2)[C@H]1c1cccc(Cl)c1F. The quantitative estimate of drug-likeness (QED) is 0.230. The smallest absolute Gasteiger partial charge is 0.338 e. The predicted molar refractivity (Wildman–Crippen MR) is 171 cm³/mol. The second-order valence-electron chi connectivity index (χ2n) is 12.5. The van der Waals surface area contributed by atoms with Crippen LogP contribution in [0.15, 0.2) is 54.6 Å². The van der Waals surface area contributed by atoms with Crippen LogP contribution in [0.25, 0.3) is 10.9 Å². The number of benzene rings is 3.